The van der Waals surface area contributed by atoms with E-state index < -0.39 is 0 Å². The predicted molar refractivity (Wildman–Crippen MR) is 88.8 cm³/mol. The minimum atomic E-state index is 0.266. The summed E-state index contributed by atoms with van der Waals surface area (Å²) in [5.41, 5.74) is 4.21. The Labute approximate surface area is 130 Å². The Morgan fingerprint density at radius 1 is 1.10 bits per heavy atom. The Balaban J connectivity index is 2.15. The lowest BCUT2D eigenvalue weighted by Crippen LogP contribution is -2.24. The molecule has 1 fully saturated rings. The Morgan fingerprint density at radius 3 is 2.10 bits per heavy atom. The number of aromatic nitrogens is 2. The van der Waals surface area contributed by atoms with Gasteiger partial charge in [-0.15, -0.1) is 0 Å². The Morgan fingerprint density at radius 2 is 1.67 bits per heavy atom. The molecule has 0 saturated heterocycles. The third-order valence-corrected chi connectivity index (χ3v) is 4.49. The summed E-state index contributed by atoms with van der Waals surface area (Å²) in [4.78, 5) is 9.82. The molecule has 3 heteroatoms. The zero-order valence-electron chi connectivity index (χ0n) is 14.4. The summed E-state index contributed by atoms with van der Waals surface area (Å²) in [6.45, 7) is 13.3. The van der Waals surface area contributed by atoms with Crippen LogP contribution in [0.4, 0.5) is 0 Å². The monoisotopic (exact) mass is 289 g/mol. The van der Waals surface area contributed by atoms with Gasteiger partial charge in [-0.3, -0.25) is 0 Å². The molecule has 0 radical (unpaired) electrons. The Kier molecular flexibility index (Phi) is 5.37. The lowest BCUT2D eigenvalue weighted by Gasteiger charge is -2.17. The van der Waals surface area contributed by atoms with E-state index in [-0.39, 0.29) is 5.41 Å². The molecule has 0 bridgehead atoms. The molecular weight excluding hydrogens is 258 g/mol. The number of hydrogen-bond donors (Lipinski definition) is 1. The molecule has 1 N–H and O–H groups in total. The number of nitrogens with zero attached hydrogens (tertiary/aromatic N) is 2. The van der Waals surface area contributed by atoms with Gasteiger partial charge in [0.1, 0.15) is 5.82 Å². The third kappa shape index (κ3) is 4.03. The topological polar surface area (TPSA) is 37.8 Å². The second-order valence-corrected chi connectivity index (χ2v) is 7.03. The van der Waals surface area contributed by atoms with Crippen LogP contribution in [0.15, 0.2) is 0 Å². The first-order chi connectivity index (χ1) is 10.00. The van der Waals surface area contributed by atoms with Crippen LogP contribution in [0.5, 0.6) is 0 Å². The van der Waals surface area contributed by atoms with Crippen LogP contribution >= 0.6 is 0 Å². The van der Waals surface area contributed by atoms with Crippen LogP contribution in [-0.4, -0.2) is 23.1 Å². The third-order valence-electron chi connectivity index (χ3n) is 4.49. The summed E-state index contributed by atoms with van der Waals surface area (Å²) in [6.07, 6.45) is 5.56. The van der Waals surface area contributed by atoms with Gasteiger partial charge in [-0.2, -0.15) is 0 Å². The lowest BCUT2D eigenvalue weighted by atomic mass is 10.0. The number of hydrogen-bond acceptors (Lipinski definition) is 3. The van der Waals surface area contributed by atoms with Crippen LogP contribution < -0.4 is 5.32 Å². The van der Waals surface area contributed by atoms with Gasteiger partial charge in [0.05, 0.1) is 0 Å². The van der Waals surface area contributed by atoms with Gasteiger partial charge in [0.2, 0.25) is 0 Å². The summed E-state index contributed by atoms with van der Waals surface area (Å²) in [5, 5.41) is 3.54. The van der Waals surface area contributed by atoms with Gasteiger partial charge in [0, 0.05) is 16.8 Å². The van der Waals surface area contributed by atoms with E-state index in [0.29, 0.717) is 5.92 Å². The minimum Gasteiger partial charge on any atom is -0.316 e. The van der Waals surface area contributed by atoms with Gasteiger partial charge in [-0.1, -0.05) is 34.6 Å². The molecule has 0 aliphatic heterocycles. The average Bonchev–Trinajstić information content (AvgIpc) is 3.21. The smallest absolute Gasteiger partial charge is 0.134 e. The van der Waals surface area contributed by atoms with Crippen LogP contribution in [0.25, 0.3) is 0 Å². The van der Waals surface area contributed by atoms with E-state index in [2.05, 4.69) is 39.9 Å². The standard InChI is InChI=1S/C18H31N3/c1-6-15-14(8-11-19-12-13(3)4)16(7-2)21-17(20-15)18(5)9-10-18/h13,19H,6-12H2,1-5H3. The fourth-order valence-corrected chi connectivity index (χ4v) is 2.74. The average molecular weight is 289 g/mol. The molecule has 118 valence electrons. The van der Waals surface area contributed by atoms with Gasteiger partial charge in [-0.25, -0.2) is 9.97 Å². The molecule has 1 aliphatic carbocycles. The van der Waals surface area contributed by atoms with Crippen LogP contribution in [-0.2, 0) is 24.7 Å². The van der Waals surface area contributed by atoms with E-state index >= 15 is 0 Å². The summed E-state index contributed by atoms with van der Waals surface area (Å²) < 4.78 is 0. The number of nitrogens with one attached hydrogen (secondary N) is 1. The molecule has 1 heterocycles. The first-order valence-corrected chi connectivity index (χ1v) is 8.60. The van der Waals surface area contributed by atoms with Crippen LogP contribution in [0, 0.1) is 5.92 Å². The van der Waals surface area contributed by atoms with Crippen molar-refractivity contribution in [3.8, 4) is 0 Å². The summed E-state index contributed by atoms with van der Waals surface area (Å²) >= 11 is 0. The maximum absolute atomic E-state index is 4.91. The van der Waals surface area contributed by atoms with E-state index in [4.69, 9.17) is 9.97 Å². The van der Waals surface area contributed by atoms with Gasteiger partial charge >= 0.3 is 0 Å². The molecule has 0 atom stereocenters. The summed E-state index contributed by atoms with van der Waals surface area (Å²) in [6, 6.07) is 0. The second kappa shape index (κ2) is 6.87. The SMILES string of the molecule is CCc1nc(C2(C)CC2)nc(CC)c1CCNCC(C)C. The lowest BCUT2D eigenvalue weighted by molar-refractivity contribution is 0.551. The molecule has 1 aromatic rings. The Hall–Kier alpha value is -0.960. The van der Waals surface area contributed by atoms with Crippen LogP contribution in [0.3, 0.4) is 0 Å². The minimum absolute atomic E-state index is 0.266. The summed E-state index contributed by atoms with van der Waals surface area (Å²) in [7, 11) is 0. The van der Waals surface area contributed by atoms with Crippen molar-refractivity contribution < 1.29 is 0 Å². The molecule has 0 aromatic carbocycles. The van der Waals surface area contributed by atoms with E-state index in [1.54, 1.807) is 0 Å². The van der Waals surface area contributed by atoms with Gasteiger partial charge in [0.15, 0.2) is 0 Å². The molecule has 1 aromatic heterocycles. The first kappa shape index (κ1) is 16.4. The van der Waals surface area contributed by atoms with E-state index in [9.17, 15) is 0 Å². The van der Waals surface area contributed by atoms with Gasteiger partial charge in [-0.05, 0) is 56.7 Å². The highest BCUT2D eigenvalue weighted by atomic mass is 14.9. The maximum atomic E-state index is 4.91. The highest BCUT2D eigenvalue weighted by Gasteiger charge is 2.42. The second-order valence-electron chi connectivity index (χ2n) is 7.03. The van der Waals surface area contributed by atoms with Gasteiger partial charge < -0.3 is 5.32 Å². The van der Waals surface area contributed by atoms with E-state index in [1.165, 1.54) is 29.8 Å². The number of aryl methyl sites for hydroxylation is 2. The molecule has 0 amide bonds. The molecule has 0 spiro atoms. The van der Waals surface area contributed by atoms with Crippen LogP contribution in [0.1, 0.15) is 70.2 Å². The van der Waals surface area contributed by atoms with Crippen molar-refractivity contribution >= 4 is 0 Å². The zero-order valence-corrected chi connectivity index (χ0v) is 14.4. The molecule has 1 aliphatic rings. The molecular formula is C18H31N3. The Bertz CT molecular complexity index is 450. The van der Waals surface area contributed by atoms with Crippen molar-refractivity contribution in [2.75, 3.05) is 13.1 Å². The number of rotatable bonds is 8. The highest BCUT2D eigenvalue weighted by molar-refractivity contribution is 5.30. The van der Waals surface area contributed by atoms with Crippen molar-refractivity contribution in [1.82, 2.24) is 15.3 Å². The van der Waals surface area contributed by atoms with E-state index in [1.807, 2.05) is 0 Å². The zero-order chi connectivity index (χ0) is 15.5. The van der Waals surface area contributed by atoms with Gasteiger partial charge in [0.25, 0.3) is 0 Å². The van der Waals surface area contributed by atoms with E-state index in [0.717, 1.165) is 38.2 Å². The molecule has 0 unspecified atom stereocenters. The molecule has 2 rings (SSSR count). The molecule has 1 saturated carbocycles. The largest absolute Gasteiger partial charge is 0.316 e. The van der Waals surface area contributed by atoms with Crippen molar-refractivity contribution in [2.24, 2.45) is 5.92 Å². The van der Waals surface area contributed by atoms with Crippen molar-refractivity contribution in [2.45, 2.75) is 72.1 Å². The van der Waals surface area contributed by atoms with Crippen molar-refractivity contribution in [3.05, 3.63) is 22.8 Å². The van der Waals surface area contributed by atoms with Crippen molar-refractivity contribution in [3.63, 3.8) is 0 Å². The molecule has 21 heavy (non-hydrogen) atoms. The van der Waals surface area contributed by atoms with Crippen LogP contribution in [0.2, 0.25) is 0 Å². The summed E-state index contributed by atoms with van der Waals surface area (Å²) in [5.74, 6) is 1.80. The molecule has 3 nitrogen and oxygen atoms in total. The first-order valence-electron chi connectivity index (χ1n) is 8.60. The maximum Gasteiger partial charge on any atom is 0.134 e. The quantitative estimate of drug-likeness (QED) is 0.745. The highest BCUT2D eigenvalue weighted by Crippen LogP contribution is 2.46. The fraction of sp³-hybridized carbons (Fsp3) is 0.778. The normalized spacial score (nSPS) is 16.5. The fourth-order valence-electron chi connectivity index (χ4n) is 2.74. The van der Waals surface area contributed by atoms with Crippen molar-refractivity contribution in [1.29, 1.82) is 0 Å². The predicted octanol–water partition coefficient (Wildman–Crippen LogP) is 3.44.